The summed E-state index contributed by atoms with van der Waals surface area (Å²) in [5.41, 5.74) is 3.22. The Morgan fingerprint density at radius 1 is 1.13 bits per heavy atom. The summed E-state index contributed by atoms with van der Waals surface area (Å²) in [6.07, 6.45) is 13.0. The fourth-order valence-corrected chi connectivity index (χ4v) is 2.92. The van der Waals surface area contributed by atoms with Crippen molar-refractivity contribution in [3.63, 3.8) is 0 Å². The van der Waals surface area contributed by atoms with Crippen LogP contribution in [0.5, 0.6) is 0 Å². The molecule has 0 heteroatoms. The van der Waals surface area contributed by atoms with Gasteiger partial charge in [0.25, 0.3) is 0 Å². The zero-order valence-corrected chi connectivity index (χ0v) is 10.2. The molecule has 0 saturated heterocycles. The van der Waals surface area contributed by atoms with Gasteiger partial charge in [-0.1, -0.05) is 50.6 Å². The quantitative estimate of drug-likeness (QED) is 0.587. The molecule has 1 fully saturated rings. The van der Waals surface area contributed by atoms with Crippen LogP contribution in [0.3, 0.4) is 0 Å². The number of rotatable bonds is 1. The molecule has 0 nitrogen and oxygen atoms in total. The molecule has 2 aliphatic rings. The third-order valence-corrected chi connectivity index (χ3v) is 3.82. The van der Waals surface area contributed by atoms with Crippen LogP contribution >= 0.6 is 0 Å². The number of allylic oxidation sites excluding steroid dienone is 6. The van der Waals surface area contributed by atoms with Crippen molar-refractivity contribution in [2.75, 3.05) is 0 Å². The molecule has 0 spiro atoms. The van der Waals surface area contributed by atoms with Gasteiger partial charge < -0.3 is 0 Å². The summed E-state index contributed by atoms with van der Waals surface area (Å²) in [6, 6.07) is 0. The Kier molecular flexibility index (Phi) is 3.14. The van der Waals surface area contributed by atoms with Gasteiger partial charge in [0.15, 0.2) is 0 Å². The predicted octanol–water partition coefficient (Wildman–Crippen LogP) is 4.50. The van der Waals surface area contributed by atoms with Crippen LogP contribution in [0.4, 0.5) is 0 Å². The molecule has 15 heavy (non-hydrogen) atoms. The van der Waals surface area contributed by atoms with E-state index in [0.29, 0.717) is 0 Å². The Labute approximate surface area is 93.8 Å². The fraction of sp³-hybridized carbons (Fsp3) is 0.600. The van der Waals surface area contributed by atoms with E-state index in [1.807, 2.05) is 0 Å². The lowest BCUT2D eigenvalue weighted by Crippen LogP contribution is -2.21. The van der Waals surface area contributed by atoms with Crippen molar-refractivity contribution in [3.05, 3.63) is 35.5 Å². The minimum atomic E-state index is 0.794. The molecule has 82 valence electrons. The average molecular weight is 202 g/mol. The normalized spacial score (nSPS) is 30.7. The fourth-order valence-electron chi connectivity index (χ4n) is 2.92. The van der Waals surface area contributed by atoms with E-state index in [4.69, 9.17) is 0 Å². The van der Waals surface area contributed by atoms with Crippen LogP contribution in [0.25, 0.3) is 0 Å². The van der Waals surface area contributed by atoms with Crippen LogP contribution in [0.15, 0.2) is 35.5 Å². The third kappa shape index (κ3) is 2.25. The third-order valence-electron chi connectivity index (χ3n) is 3.82. The van der Waals surface area contributed by atoms with Gasteiger partial charge in [-0.3, -0.25) is 0 Å². The average Bonchev–Trinajstić information content (AvgIpc) is 2.69. The molecule has 2 aliphatic carbocycles. The van der Waals surface area contributed by atoms with E-state index in [9.17, 15) is 0 Å². The molecule has 0 N–H and O–H groups in total. The van der Waals surface area contributed by atoms with Gasteiger partial charge in [0.1, 0.15) is 0 Å². The molecule has 1 saturated carbocycles. The first-order valence-electron chi connectivity index (χ1n) is 6.26. The Balaban J connectivity index is 2.28. The smallest absolute Gasteiger partial charge is 0.0171 e. The minimum absolute atomic E-state index is 0.794. The van der Waals surface area contributed by atoms with Crippen molar-refractivity contribution in [2.24, 2.45) is 17.8 Å². The van der Waals surface area contributed by atoms with Crippen molar-refractivity contribution in [3.8, 4) is 0 Å². The van der Waals surface area contributed by atoms with E-state index in [1.165, 1.54) is 24.8 Å². The maximum absolute atomic E-state index is 2.39. The van der Waals surface area contributed by atoms with Gasteiger partial charge in [-0.05, 0) is 42.6 Å². The van der Waals surface area contributed by atoms with Gasteiger partial charge in [-0.2, -0.15) is 0 Å². The Bertz CT molecular complexity index is 301. The van der Waals surface area contributed by atoms with E-state index >= 15 is 0 Å². The Morgan fingerprint density at radius 3 is 2.40 bits per heavy atom. The molecule has 0 aromatic rings. The summed E-state index contributed by atoms with van der Waals surface area (Å²) >= 11 is 0. The van der Waals surface area contributed by atoms with Gasteiger partial charge in [0.2, 0.25) is 0 Å². The van der Waals surface area contributed by atoms with Gasteiger partial charge in [-0.15, -0.1) is 0 Å². The van der Waals surface area contributed by atoms with Crippen molar-refractivity contribution in [1.82, 2.24) is 0 Å². The second-order valence-electron chi connectivity index (χ2n) is 5.44. The topological polar surface area (TPSA) is 0 Å². The first-order valence-corrected chi connectivity index (χ1v) is 6.26. The first-order chi connectivity index (χ1) is 7.18. The van der Waals surface area contributed by atoms with Crippen molar-refractivity contribution in [1.29, 1.82) is 0 Å². The molecule has 0 radical (unpaired) electrons. The number of hydrogen-bond acceptors (Lipinski definition) is 0. The standard InChI is InChI=1S/C15H22/c1-11(2)14-9-8-12(3)10-15(14)13-6-4-5-7-13/h4-7,11-12,14H,8-10H2,1-3H3/t12?,14-/m0/s1. The molecule has 0 aliphatic heterocycles. The van der Waals surface area contributed by atoms with Crippen molar-refractivity contribution in [2.45, 2.75) is 40.0 Å². The highest BCUT2D eigenvalue weighted by molar-refractivity contribution is 5.44. The maximum Gasteiger partial charge on any atom is -0.0171 e. The van der Waals surface area contributed by atoms with E-state index in [0.717, 1.165) is 17.8 Å². The largest absolute Gasteiger partial charge is 0.0622 e. The lowest BCUT2D eigenvalue weighted by atomic mass is 9.72. The molecule has 0 amide bonds. The molecule has 2 rings (SSSR count). The van der Waals surface area contributed by atoms with Crippen LogP contribution in [0.2, 0.25) is 0 Å². The maximum atomic E-state index is 2.39. The van der Waals surface area contributed by atoms with Crippen LogP contribution in [0, 0.1) is 17.8 Å². The van der Waals surface area contributed by atoms with Gasteiger partial charge in [-0.25, -0.2) is 0 Å². The van der Waals surface area contributed by atoms with Crippen molar-refractivity contribution < 1.29 is 0 Å². The molecule has 2 atom stereocenters. The lowest BCUT2D eigenvalue weighted by Gasteiger charge is -2.33. The van der Waals surface area contributed by atoms with Crippen molar-refractivity contribution >= 4 is 0 Å². The Hall–Kier alpha value is -0.780. The Morgan fingerprint density at radius 2 is 1.80 bits per heavy atom. The summed E-state index contributed by atoms with van der Waals surface area (Å²) in [5, 5.41) is 0. The molecule has 0 bridgehead atoms. The zero-order chi connectivity index (χ0) is 10.8. The molecular weight excluding hydrogens is 180 g/mol. The second kappa shape index (κ2) is 4.38. The summed E-state index contributed by atoms with van der Waals surface area (Å²) in [4.78, 5) is 0. The van der Waals surface area contributed by atoms with E-state index in [2.05, 4.69) is 45.1 Å². The highest BCUT2D eigenvalue weighted by atomic mass is 14.3. The summed E-state index contributed by atoms with van der Waals surface area (Å²) in [5.74, 6) is 2.50. The molecular formula is C15H22. The summed E-state index contributed by atoms with van der Waals surface area (Å²) < 4.78 is 0. The molecule has 0 heterocycles. The molecule has 0 aromatic heterocycles. The van der Waals surface area contributed by atoms with Crippen LogP contribution in [0.1, 0.15) is 40.0 Å². The van der Waals surface area contributed by atoms with Gasteiger partial charge >= 0.3 is 0 Å². The lowest BCUT2D eigenvalue weighted by molar-refractivity contribution is 0.306. The monoisotopic (exact) mass is 202 g/mol. The highest BCUT2D eigenvalue weighted by Gasteiger charge is 2.26. The molecule has 1 unspecified atom stereocenters. The SMILES string of the molecule is CC1CC[C@@H](C(C)C)C(=C2C=CC=C2)C1. The first kappa shape index (κ1) is 10.7. The van der Waals surface area contributed by atoms with Gasteiger partial charge in [0, 0.05) is 0 Å². The summed E-state index contributed by atoms with van der Waals surface area (Å²) in [6.45, 7) is 7.12. The minimum Gasteiger partial charge on any atom is -0.0622 e. The second-order valence-corrected chi connectivity index (χ2v) is 5.44. The van der Waals surface area contributed by atoms with Gasteiger partial charge in [0.05, 0.1) is 0 Å². The van der Waals surface area contributed by atoms with E-state index in [1.54, 1.807) is 5.57 Å². The van der Waals surface area contributed by atoms with E-state index in [-0.39, 0.29) is 0 Å². The van der Waals surface area contributed by atoms with E-state index < -0.39 is 0 Å². The number of hydrogen-bond donors (Lipinski definition) is 0. The van der Waals surface area contributed by atoms with Crippen LogP contribution < -0.4 is 0 Å². The van der Waals surface area contributed by atoms with Crippen LogP contribution in [-0.4, -0.2) is 0 Å². The molecule has 0 aromatic carbocycles. The highest BCUT2D eigenvalue weighted by Crippen LogP contribution is 2.40. The summed E-state index contributed by atoms with van der Waals surface area (Å²) in [7, 11) is 0. The zero-order valence-electron chi connectivity index (χ0n) is 10.2. The predicted molar refractivity (Wildman–Crippen MR) is 66.6 cm³/mol. The van der Waals surface area contributed by atoms with Crippen LogP contribution in [-0.2, 0) is 0 Å².